The largest absolute Gasteiger partial charge is 0.352 e. The van der Waals surface area contributed by atoms with Crippen molar-refractivity contribution in [3.63, 3.8) is 0 Å². The Morgan fingerprint density at radius 3 is 2.76 bits per heavy atom. The Morgan fingerprint density at radius 1 is 1.33 bits per heavy atom. The maximum atomic E-state index is 12.1. The van der Waals surface area contributed by atoms with Crippen molar-refractivity contribution in [2.45, 2.75) is 71.5 Å². The standard InChI is InChI=1S/C17H29N3O/c1-4-14(5-2)19-17(21)12-20-10-13-8-7-9-16(18-6-3)15(13)11-20/h10-11,14,16,18H,4-9,12H2,1-3H3,(H,19,21). The van der Waals surface area contributed by atoms with Crippen LogP contribution < -0.4 is 10.6 Å². The van der Waals surface area contributed by atoms with Gasteiger partial charge >= 0.3 is 0 Å². The van der Waals surface area contributed by atoms with E-state index in [1.54, 1.807) is 0 Å². The topological polar surface area (TPSA) is 46.1 Å². The van der Waals surface area contributed by atoms with Crippen molar-refractivity contribution in [3.8, 4) is 0 Å². The van der Waals surface area contributed by atoms with Crippen LogP contribution in [0, 0.1) is 0 Å². The van der Waals surface area contributed by atoms with Gasteiger partial charge in [-0.3, -0.25) is 4.79 Å². The first-order valence-corrected chi connectivity index (χ1v) is 8.39. The molecule has 0 aromatic carbocycles. The Morgan fingerprint density at radius 2 is 2.10 bits per heavy atom. The van der Waals surface area contributed by atoms with Crippen molar-refractivity contribution in [2.75, 3.05) is 6.54 Å². The summed E-state index contributed by atoms with van der Waals surface area (Å²) in [5.41, 5.74) is 2.79. The number of nitrogens with one attached hydrogen (secondary N) is 2. The molecule has 0 aliphatic heterocycles. The fourth-order valence-electron chi connectivity index (χ4n) is 3.23. The van der Waals surface area contributed by atoms with Gasteiger partial charge < -0.3 is 15.2 Å². The highest BCUT2D eigenvalue weighted by Gasteiger charge is 2.21. The Kier molecular flexibility index (Phi) is 5.85. The third kappa shape index (κ3) is 4.10. The van der Waals surface area contributed by atoms with E-state index in [-0.39, 0.29) is 5.91 Å². The molecule has 0 spiro atoms. The summed E-state index contributed by atoms with van der Waals surface area (Å²) in [4.78, 5) is 12.1. The maximum absolute atomic E-state index is 12.1. The van der Waals surface area contributed by atoms with E-state index in [0.29, 0.717) is 18.6 Å². The zero-order chi connectivity index (χ0) is 15.2. The van der Waals surface area contributed by atoms with Crippen molar-refractivity contribution in [1.29, 1.82) is 0 Å². The van der Waals surface area contributed by atoms with Crippen LogP contribution in [0.15, 0.2) is 12.4 Å². The first kappa shape index (κ1) is 16.1. The number of fused-ring (bicyclic) bond motifs is 1. The molecule has 4 heteroatoms. The molecule has 1 aromatic heterocycles. The molecular formula is C17H29N3O. The smallest absolute Gasteiger partial charge is 0.240 e. The second kappa shape index (κ2) is 7.64. The van der Waals surface area contributed by atoms with E-state index < -0.39 is 0 Å². The molecule has 0 fully saturated rings. The molecule has 0 bridgehead atoms. The zero-order valence-electron chi connectivity index (χ0n) is 13.6. The molecular weight excluding hydrogens is 262 g/mol. The molecule has 21 heavy (non-hydrogen) atoms. The Labute approximate surface area is 128 Å². The molecule has 1 amide bonds. The molecule has 0 radical (unpaired) electrons. The molecule has 2 N–H and O–H groups in total. The molecule has 1 heterocycles. The summed E-state index contributed by atoms with van der Waals surface area (Å²) in [5.74, 6) is 0.121. The van der Waals surface area contributed by atoms with Gasteiger partial charge in [0.05, 0.1) is 0 Å². The first-order valence-electron chi connectivity index (χ1n) is 8.39. The number of aryl methyl sites for hydroxylation is 1. The lowest BCUT2D eigenvalue weighted by Gasteiger charge is -2.22. The Hall–Kier alpha value is -1.29. The van der Waals surface area contributed by atoms with Crippen LogP contribution in [0.5, 0.6) is 0 Å². The van der Waals surface area contributed by atoms with Crippen LogP contribution in [-0.4, -0.2) is 23.1 Å². The minimum atomic E-state index is 0.121. The van der Waals surface area contributed by atoms with Gasteiger partial charge in [0, 0.05) is 24.5 Å². The number of nitrogens with zero attached hydrogens (tertiary/aromatic N) is 1. The minimum absolute atomic E-state index is 0.121. The van der Waals surface area contributed by atoms with E-state index in [1.165, 1.54) is 24.0 Å². The number of aromatic nitrogens is 1. The number of hydrogen-bond donors (Lipinski definition) is 2. The van der Waals surface area contributed by atoms with Crippen LogP contribution in [0.2, 0.25) is 0 Å². The maximum Gasteiger partial charge on any atom is 0.240 e. The van der Waals surface area contributed by atoms with Crippen molar-refractivity contribution in [2.24, 2.45) is 0 Å². The van der Waals surface area contributed by atoms with Crippen molar-refractivity contribution < 1.29 is 4.79 Å². The van der Waals surface area contributed by atoms with Crippen molar-refractivity contribution >= 4 is 5.91 Å². The van der Waals surface area contributed by atoms with Crippen LogP contribution in [-0.2, 0) is 17.8 Å². The Balaban J connectivity index is 2.00. The summed E-state index contributed by atoms with van der Waals surface area (Å²) < 4.78 is 2.05. The SMILES string of the molecule is CCNC1CCCc2cn(CC(=O)NC(CC)CC)cc21. The van der Waals surface area contributed by atoms with Crippen LogP contribution >= 0.6 is 0 Å². The summed E-state index contributed by atoms with van der Waals surface area (Å²) in [6, 6.07) is 0.763. The predicted molar refractivity (Wildman–Crippen MR) is 86.3 cm³/mol. The van der Waals surface area contributed by atoms with Crippen LogP contribution in [0.1, 0.15) is 63.6 Å². The molecule has 1 aliphatic rings. The van der Waals surface area contributed by atoms with E-state index in [2.05, 4.69) is 48.4 Å². The number of carbonyl (C=O) groups excluding carboxylic acids is 1. The van der Waals surface area contributed by atoms with E-state index in [0.717, 1.165) is 25.8 Å². The summed E-state index contributed by atoms with van der Waals surface area (Å²) in [7, 11) is 0. The number of carbonyl (C=O) groups is 1. The van der Waals surface area contributed by atoms with Gasteiger partial charge in [0.1, 0.15) is 6.54 Å². The minimum Gasteiger partial charge on any atom is -0.352 e. The number of amides is 1. The average Bonchev–Trinajstić information content (AvgIpc) is 2.88. The lowest BCUT2D eigenvalue weighted by Crippen LogP contribution is -2.36. The fourth-order valence-corrected chi connectivity index (χ4v) is 3.23. The summed E-state index contributed by atoms with van der Waals surface area (Å²) in [5, 5.41) is 6.65. The monoisotopic (exact) mass is 291 g/mol. The normalized spacial score (nSPS) is 17.8. The van der Waals surface area contributed by atoms with Gasteiger partial charge in [-0.2, -0.15) is 0 Å². The lowest BCUT2D eigenvalue weighted by molar-refractivity contribution is -0.122. The van der Waals surface area contributed by atoms with Gasteiger partial charge in [-0.1, -0.05) is 20.8 Å². The van der Waals surface area contributed by atoms with Gasteiger partial charge in [-0.05, 0) is 49.8 Å². The van der Waals surface area contributed by atoms with Gasteiger partial charge in [0.2, 0.25) is 5.91 Å². The summed E-state index contributed by atoms with van der Waals surface area (Å²) in [6.45, 7) is 7.80. The highest BCUT2D eigenvalue weighted by atomic mass is 16.2. The number of rotatable bonds is 7. The van der Waals surface area contributed by atoms with Crippen LogP contribution in [0.4, 0.5) is 0 Å². The van der Waals surface area contributed by atoms with Crippen LogP contribution in [0.3, 0.4) is 0 Å². The highest BCUT2D eigenvalue weighted by molar-refractivity contribution is 5.76. The molecule has 0 saturated carbocycles. The van der Waals surface area contributed by atoms with Crippen molar-refractivity contribution in [3.05, 3.63) is 23.5 Å². The zero-order valence-corrected chi connectivity index (χ0v) is 13.6. The molecule has 1 aromatic rings. The van der Waals surface area contributed by atoms with E-state index >= 15 is 0 Å². The fraction of sp³-hybridized carbons (Fsp3) is 0.706. The Bertz CT molecular complexity index is 463. The van der Waals surface area contributed by atoms with Gasteiger partial charge in [-0.15, -0.1) is 0 Å². The second-order valence-corrected chi connectivity index (χ2v) is 5.99. The predicted octanol–water partition coefficient (Wildman–Crippen LogP) is 2.78. The van der Waals surface area contributed by atoms with Gasteiger partial charge in [0.25, 0.3) is 0 Å². The highest BCUT2D eigenvalue weighted by Crippen LogP contribution is 2.30. The van der Waals surface area contributed by atoms with E-state index in [9.17, 15) is 4.79 Å². The van der Waals surface area contributed by atoms with Gasteiger partial charge in [0.15, 0.2) is 0 Å². The molecule has 118 valence electrons. The van der Waals surface area contributed by atoms with E-state index in [1.807, 2.05) is 0 Å². The third-order valence-electron chi connectivity index (χ3n) is 4.44. The molecule has 1 unspecified atom stereocenters. The lowest BCUT2D eigenvalue weighted by atomic mass is 9.91. The number of hydrogen-bond acceptors (Lipinski definition) is 2. The van der Waals surface area contributed by atoms with E-state index in [4.69, 9.17) is 0 Å². The molecule has 1 atom stereocenters. The molecule has 4 nitrogen and oxygen atoms in total. The molecule has 2 rings (SSSR count). The summed E-state index contributed by atoms with van der Waals surface area (Å²) in [6.07, 6.45) is 9.87. The second-order valence-electron chi connectivity index (χ2n) is 5.99. The summed E-state index contributed by atoms with van der Waals surface area (Å²) >= 11 is 0. The quantitative estimate of drug-likeness (QED) is 0.811. The van der Waals surface area contributed by atoms with Crippen molar-refractivity contribution in [1.82, 2.24) is 15.2 Å². The average molecular weight is 291 g/mol. The molecule has 0 saturated heterocycles. The third-order valence-corrected chi connectivity index (χ3v) is 4.44. The van der Waals surface area contributed by atoms with Crippen LogP contribution in [0.25, 0.3) is 0 Å². The van der Waals surface area contributed by atoms with Gasteiger partial charge in [-0.25, -0.2) is 0 Å². The first-order chi connectivity index (χ1) is 10.2. The molecule has 1 aliphatic carbocycles.